The minimum Gasteiger partial charge on any atom is -0.299 e. The molecule has 3 aromatic rings. The second kappa shape index (κ2) is 11.1. The van der Waals surface area contributed by atoms with Gasteiger partial charge in [-0.3, -0.25) is 9.36 Å². The van der Waals surface area contributed by atoms with Crippen molar-refractivity contribution in [3.63, 3.8) is 0 Å². The predicted octanol–water partition coefficient (Wildman–Crippen LogP) is 6.15. The van der Waals surface area contributed by atoms with Crippen LogP contribution in [0.5, 0.6) is 0 Å². The molecule has 0 spiro atoms. The Morgan fingerprint density at radius 3 is 2.48 bits per heavy atom. The molecule has 1 N–H and O–H groups in total. The Morgan fingerprint density at radius 2 is 1.79 bits per heavy atom. The number of hydrazone groups is 1. The quantitative estimate of drug-likeness (QED) is 0.228. The Labute approximate surface area is 207 Å². The Bertz CT molecular complexity index is 1120. The van der Waals surface area contributed by atoms with E-state index in [9.17, 15) is 4.79 Å². The van der Waals surface area contributed by atoms with Gasteiger partial charge in [0, 0.05) is 16.1 Å². The molecule has 0 unspecified atom stereocenters. The summed E-state index contributed by atoms with van der Waals surface area (Å²) in [4.78, 5) is 12.5. The third kappa shape index (κ3) is 6.12. The third-order valence-corrected chi connectivity index (χ3v) is 7.33. The molecule has 1 aliphatic rings. The number of carbonyl (C=O) groups is 1. The number of nitrogens with one attached hydrogen (secondary N) is 1. The van der Waals surface area contributed by atoms with Gasteiger partial charge in [-0.1, -0.05) is 88.9 Å². The Balaban J connectivity index is 1.47. The minimum atomic E-state index is -0.161. The first-order chi connectivity index (χ1) is 16.0. The summed E-state index contributed by atoms with van der Waals surface area (Å²) in [6.07, 6.45) is 5.94. The lowest BCUT2D eigenvalue weighted by Crippen LogP contribution is -2.22. The highest BCUT2D eigenvalue weighted by molar-refractivity contribution is 9.10. The normalized spacial score (nSPS) is 14.9. The average Bonchev–Trinajstić information content (AvgIpc) is 3.26. The van der Waals surface area contributed by atoms with E-state index in [1.807, 2.05) is 31.2 Å². The SMILES string of the molecule is C/C(=N/NC(=O)CSc1nnc(-c2ccc(C)cc2)n1C1CCCCC1)c1ccc(Br)cc1. The molecule has 1 aliphatic carbocycles. The molecule has 6 nitrogen and oxygen atoms in total. The molecule has 4 rings (SSSR count). The van der Waals surface area contributed by atoms with Crippen LogP contribution in [0.25, 0.3) is 11.4 Å². The first kappa shape index (κ1) is 23.7. The van der Waals surface area contributed by atoms with E-state index in [2.05, 4.69) is 72.4 Å². The lowest BCUT2D eigenvalue weighted by molar-refractivity contribution is -0.118. The predicted molar refractivity (Wildman–Crippen MR) is 138 cm³/mol. The standard InChI is InChI=1S/C25H28BrN5OS/c1-17-8-10-20(11-9-17)24-29-30-25(31(24)22-6-4-3-5-7-22)33-16-23(32)28-27-18(2)19-12-14-21(26)15-13-19/h8-15,22H,3-7,16H2,1-2H3,(H,28,32)/b27-18-. The summed E-state index contributed by atoms with van der Waals surface area (Å²) in [5, 5.41) is 14.0. The lowest BCUT2D eigenvalue weighted by Gasteiger charge is -2.25. The highest BCUT2D eigenvalue weighted by Crippen LogP contribution is 2.35. The van der Waals surface area contributed by atoms with Crippen molar-refractivity contribution in [2.75, 3.05) is 5.75 Å². The van der Waals surface area contributed by atoms with E-state index in [-0.39, 0.29) is 11.7 Å². The average molecular weight is 527 g/mol. The summed E-state index contributed by atoms with van der Waals surface area (Å²) >= 11 is 4.85. The highest BCUT2D eigenvalue weighted by Gasteiger charge is 2.24. The maximum Gasteiger partial charge on any atom is 0.250 e. The van der Waals surface area contributed by atoms with E-state index in [0.717, 1.165) is 45.1 Å². The van der Waals surface area contributed by atoms with E-state index in [4.69, 9.17) is 0 Å². The van der Waals surface area contributed by atoms with Crippen molar-refractivity contribution in [2.24, 2.45) is 5.10 Å². The third-order valence-electron chi connectivity index (χ3n) is 5.86. The van der Waals surface area contributed by atoms with Crippen LogP contribution < -0.4 is 5.43 Å². The zero-order chi connectivity index (χ0) is 23.2. The first-order valence-corrected chi connectivity index (χ1v) is 13.0. The number of halogens is 1. The second-order valence-corrected chi connectivity index (χ2v) is 10.2. The van der Waals surface area contributed by atoms with Crippen molar-refractivity contribution in [3.8, 4) is 11.4 Å². The molecule has 33 heavy (non-hydrogen) atoms. The van der Waals surface area contributed by atoms with Gasteiger partial charge in [0.05, 0.1) is 11.5 Å². The number of aromatic nitrogens is 3. The maximum absolute atomic E-state index is 12.5. The van der Waals surface area contributed by atoms with Crippen LogP contribution in [0.4, 0.5) is 0 Å². The Morgan fingerprint density at radius 1 is 1.09 bits per heavy atom. The monoisotopic (exact) mass is 525 g/mol. The van der Waals surface area contributed by atoms with E-state index in [1.165, 1.54) is 36.6 Å². The van der Waals surface area contributed by atoms with Crippen LogP contribution in [0.1, 0.15) is 56.2 Å². The van der Waals surface area contributed by atoms with Gasteiger partial charge in [0.25, 0.3) is 5.91 Å². The van der Waals surface area contributed by atoms with Gasteiger partial charge in [0.2, 0.25) is 0 Å². The van der Waals surface area contributed by atoms with Gasteiger partial charge in [-0.15, -0.1) is 10.2 Å². The fourth-order valence-electron chi connectivity index (χ4n) is 4.01. The number of carbonyl (C=O) groups excluding carboxylic acids is 1. The van der Waals surface area contributed by atoms with Crippen molar-refractivity contribution >= 4 is 39.3 Å². The van der Waals surface area contributed by atoms with E-state index >= 15 is 0 Å². The number of amides is 1. The number of thioether (sulfide) groups is 1. The Hall–Kier alpha value is -2.45. The van der Waals surface area contributed by atoms with Gasteiger partial charge in [-0.05, 0) is 44.4 Å². The van der Waals surface area contributed by atoms with Crippen LogP contribution in [0.15, 0.2) is 63.3 Å². The zero-order valence-electron chi connectivity index (χ0n) is 18.9. The van der Waals surface area contributed by atoms with Crippen molar-refractivity contribution in [1.82, 2.24) is 20.2 Å². The molecule has 1 fully saturated rings. The molecule has 0 radical (unpaired) electrons. The van der Waals surface area contributed by atoms with Crippen LogP contribution in [-0.2, 0) is 4.79 Å². The molecular formula is C25H28BrN5OS. The smallest absolute Gasteiger partial charge is 0.250 e. The molecule has 1 heterocycles. The molecule has 0 bridgehead atoms. The molecule has 1 saturated carbocycles. The minimum absolute atomic E-state index is 0.161. The van der Waals surface area contributed by atoms with E-state index in [0.29, 0.717) is 6.04 Å². The van der Waals surface area contributed by atoms with Gasteiger partial charge in [-0.25, -0.2) is 5.43 Å². The van der Waals surface area contributed by atoms with Gasteiger partial charge in [0.1, 0.15) is 0 Å². The maximum atomic E-state index is 12.5. The summed E-state index contributed by atoms with van der Waals surface area (Å²) in [6, 6.07) is 16.6. The molecule has 0 saturated heterocycles. The fraction of sp³-hybridized carbons (Fsp3) is 0.360. The molecular weight excluding hydrogens is 498 g/mol. The van der Waals surface area contributed by atoms with Gasteiger partial charge in [0.15, 0.2) is 11.0 Å². The van der Waals surface area contributed by atoms with Crippen molar-refractivity contribution in [1.29, 1.82) is 0 Å². The number of nitrogens with zero attached hydrogens (tertiary/aromatic N) is 4. The van der Waals surface area contributed by atoms with Gasteiger partial charge in [-0.2, -0.15) is 5.10 Å². The van der Waals surface area contributed by atoms with Gasteiger partial charge >= 0.3 is 0 Å². The van der Waals surface area contributed by atoms with Crippen LogP contribution in [0.3, 0.4) is 0 Å². The lowest BCUT2D eigenvalue weighted by atomic mass is 9.95. The van der Waals surface area contributed by atoms with E-state index < -0.39 is 0 Å². The summed E-state index contributed by atoms with van der Waals surface area (Å²) in [5.74, 6) is 0.955. The van der Waals surface area contributed by atoms with Crippen LogP contribution in [0, 0.1) is 6.92 Å². The Kier molecular flexibility index (Phi) is 7.98. The summed E-state index contributed by atoms with van der Waals surface area (Å²) in [6.45, 7) is 3.96. The molecule has 2 aromatic carbocycles. The molecule has 0 atom stereocenters. The summed E-state index contributed by atoms with van der Waals surface area (Å²) in [7, 11) is 0. The molecule has 172 valence electrons. The van der Waals surface area contributed by atoms with Crippen molar-refractivity contribution in [3.05, 3.63) is 64.1 Å². The van der Waals surface area contributed by atoms with E-state index in [1.54, 1.807) is 0 Å². The van der Waals surface area contributed by atoms with Crippen LogP contribution >= 0.6 is 27.7 Å². The van der Waals surface area contributed by atoms with Crippen molar-refractivity contribution in [2.45, 2.75) is 57.1 Å². The van der Waals surface area contributed by atoms with Gasteiger partial charge < -0.3 is 0 Å². The van der Waals surface area contributed by atoms with Crippen molar-refractivity contribution < 1.29 is 4.79 Å². The summed E-state index contributed by atoms with van der Waals surface area (Å²) < 4.78 is 3.25. The molecule has 1 amide bonds. The zero-order valence-corrected chi connectivity index (χ0v) is 21.3. The summed E-state index contributed by atoms with van der Waals surface area (Å²) in [5.41, 5.74) is 6.67. The highest BCUT2D eigenvalue weighted by atomic mass is 79.9. The number of rotatable bonds is 7. The molecule has 0 aliphatic heterocycles. The van der Waals surface area contributed by atoms with Crippen LogP contribution in [0.2, 0.25) is 0 Å². The number of hydrogen-bond donors (Lipinski definition) is 1. The number of hydrogen-bond acceptors (Lipinski definition) is 5. The number of aryl methyl sites for hydroxylation is 1. The molecule has 1 aromatic heterocycles. The second-order valence-electron chi connectivity index (χ2n) is 8.36. The fourth-order valence-corrected chi connectivity index (χ4v) is 5.07. The number of benzene rings is 2. The topological polar surface area (TPSA) is 72.2 Å². The largest absolute Gasteiger partial charge is 0.299 e. The molecule has 8 heteroatoms. The van der Waals surface area contributed by atoms with Crippen LogP contribution in [-0.4, -0.2) is 32.1 Å². The first-order valence-electron chi connectivity index (χ1n) is 11.2.